The van der Waals surface area contributed by atoms with Crippen LogP contribution in [0.1, 0.15) is 81.5 Å². The molecule has 0 bridgehead atoms. The standard InChI is InChI=1S/C39H54N6O6/c1-22-14-28-34(42-38(3,4)5)40-26-18-32(30(48-9)16-24(26)36(46)44(28)20-22)50-12-11-13-51-33-19-27-25(17-31(33)49-10)37(47)45-21-23(2)15-29(45)35(41-27)43-39(6,7)8/h16-19,28-29,34-35,40-43H,1-2,11-15,20-21H2,3-10H3/t28-,29-,34?,35?/m0/s1. The van der Waals surface area contributed by atoms with Gasteiger partial charge < -0.3 is 39.4 Å². The molecule has 2 aromatic rings. The Hall–Kier alpha value is -4.42. The van der Waals surface area contributed by atoms with Gasteiger partial charge in [0.05, 0.1) is 74.4 Å². The number of hydrogen-bond acceptors (Lipinski definition) is 10. The number of carbonyl (C=O) groups is 2. The predicted octanol–water partition coefficient (Wildman–Crippen LogP) is 5.37. The summed E-state index contributed by atoms with van der Waals surface area (Å²) in [4.78, 5) is 31.3. The molecule has 2 unspecified atom stereocenters. The topological polar surface area (TPSA) is 126 Å². The fraction of sp³-hybridized carbons (Fsp3) is 0.538. The Morgan fingerprint density at radius 3 is 1.43 bits per heavy atom. The van der Waals surface area contributed by atoms with Crippen molar-refractivity contribution in [2.75, 3.05) is 51.2 Å². The molecular formula is C39H54N6O6. The molecule has 2 aromatic carbocycles. The number of rotatable bonds is 10. The number of amides is 2. The molecule has 276 valence electrons. The first kappa shape index (κ1) is 36.4. The van der Waals surface area contributed by atoms with Gasteiger partial charge >= 0.3 is 0 Å². The number of nitrogens with one attached hydrogen (secondary N) is 4. The van der Waals surface area contributed by atoms with E-state index in [0.717, 1.165) is 24.0 Å². The zero-order valence-corrected chi connectivity index (χ0v) is 31.3. The SMILES string of the molecule is C=C1C[C@H]2C(NC(C)(C)C)Nc3cc(OCCCOc4cc5c(cc4OC)C(=O)N4CC(=C)C[C@H]4C(NC(C)(C)C)N5)c(OC)cc3C(=O)N2C1. The minimum atomic E-state index is -0.185. The van der Waals surface area contributed by atoms with E-state index in [2.05, 4.69) is 76.0 Å². The third-order valence-electron chi connectivity index (χ3n) is 9.55. The highest BCUT2D eigenvalue weighted by Crippen LogP contribution is 2.41. The van der Waals surface area contributed by atoms with E-state index >= 15 is 0 Å². The average molecular weight is 703 g/mol. The number of hydrogen-bond donors (Lipinski definition) is 4. The van der Waals surface area contributed by atoms with E-state index in [1.807, 2.05) is 21.9 Å². The maximum atomic E-state index is 13.8. The molecule has 4 heterocycles. The van der Waals surface area contributed by atoms with Crippen molar-refractivity contribution in [1.82, 2.24) is 20.4 Å². The highest BCUT2D eigenvalue weighted by molar-refractivity contribution is 6.03. The molecule has 0 spiro atoms. The Balaban J connectivity index is 1.15. The smallest absolute Gasteiger partial charge is 0.256 e. The summed E-state index contributed by atoms with van der Waals surface area (Å²) in [6.45, 7) is 22.7. The summed E-state index contributed by atoms with van der Waals surface area (Å²) in [7, 11) is 3.14. The number of fused-ring (bicyclic) bond motifs is 4. The molecule has 4 aliphatic heterocycles. The van der Waals surface area contributed by atoms with Gasteiger partial charge in [-0.2, -0.15) is 0 Å². The molecule has 0 radical (unpaired) electrons. The average Bonchev–Trinajstić information content (AvgIpc) is 3.59. The lowest BCUT2D eigenvalue weighted by Crippen LogP contribution is -2.56. The van der Waals surface area contributed by atoms with Crippen molar-refractivity contribution >= 4 is 23.2 Å². The highest BCUT2D eigenvalue weighted by Gasteiger charge is 2.43. The van der Waals surface area contributed by atoms with Gasteiger partial charge in [-0.25, -0.2) is 0 Å². The van der Waals surface area contributed by atoms with Crippen molar-refractivity contribution in [2.24, 2.45) is 0 Å². The Morgan fingerprint density at radius 1 is 0.686 bits per heavy atom. The molecule has 2 amide bonds. The fourth-order valence-corrected chi connectivity index (χ4v) is 7.41. The number of methoxy groups -OCH3 is 2. The molecule has 6 rings (SSSR count). The molecule has 4 N–H and O–H groups in total. The van der Waals surface area contributed by atoms with E-state index in [9.17, 15) is 9.59 Å². The van der Waals surface area contributed by atoms with Crippen molar-refractivity contribution in [3.63, 3.8) is 0 Å². The molecule has 0 aromatic heterocycles. The Bertz CT molecular complexity index is 1590. The second kappa shape index (κ2) is 14.0. The molecular weight excluding hydrogens is 648 g/mol. The maximum Gasteiger partial charge on any atom is 0.256 e. The molecule has 51 heavy (non-hydrogen) atoms. The van der Waals surface area contributed by atoms with Gasteiger partial charge in [-0.15, -0.1) is 0 Å². The molecule has 0 aliphatic carbocycles. The summed E-state index contributed by atoms with van der Waals surface area (Å²) in [5.41, 5.74) is 4.15. The fourth-order valence-electron chi connectivity index (χ4n) is 7.41. The first-order chi connectivity index (χ1) is 24.0. The van der Waals surface area contributed by atoms with Gasteiger partial charge in [0.2, 0.25) is 0 Å². The second-order valence-corrected chi connectivity index (χ2v) is 16.1. The molecule has 4 atom stereocenters. The second-order valence-electron chi connectivity index (χ2n) is 16.1. The van der Waals surface area contributed by atoms with Gasteiger partial charge in [0, 0.05) is 42.7 Å². The van der Waals surface area contributed by atoms with Crippen molar-refractivity contribution < 1.29 is 28.5 Å². The van der Waals surface area contributed by atoms with Gasteiger partial charge in [-0.3, -0.25) is 20.2 Å². The number of carbonyl (C=O) groups excluding carboxylic acids is 2. The van der Waals surface area contributed by atoms with Crippen LogP contribution >= 0.6 is 0 Å². The van der Waals surface area contributed by atoms with E-state index < -0.39 is 0 Å². The predicted molar refractivity (Wildman–Crippen MR) is 199 cm³/mol. The summed E-state index contributed by atoms with van der Waals surface area (Å²) in [5, 5.41) is 14.5. The van der Waals surface area contributed by atoms with Crippen LogP contribution in [-0.4, -0.2) is 97.6 Å². The zero-order chi connectivity index (χ0) is 36.8. The van der Waals surface area contributed by atoms with Crippen molar-refractivity contribution in [2.45, 2.75) is 96.3 Å². The van der Waals surface area contributed by atoms with Crippen LogP contribution in [0.15, 0.2) is 48.6 Å². The normalized spacial score (nSPS) is 23.0. The van der Waals surface area contributed by atoms with E-state index in [1.54, 1.807) is 26.4 Å². The van der Waals surface area contributed by atoms with E-state index in [0.29, 0.717) is 78.2 Å². The zero-order valence-electron chi connectivity index (χ0n) is 31.3. The van der Waals surface area contributed by atoms with Crippen LogP contribution in [0.5, 0.6) is 23.0 Å². The van der Waals surface area contributed by atoms with Crippen LogP contribution < -0.4 is 40.2 Å². The molecule has 0 saturated carbocycles. The van der Waals surface area contributed by atoms with Gasteiger partial charge in [0.1, 0.15) is 0 Å². The Morgan fingerprint density at radius 2 is 1.08 bits per heavy atom. The minimum Gasteiger partial charge on any atom is -0.493 e. The first-order valence-corrected chi connectivity index (χ1v) is 17.8. The van der Waals surface area contributed by atoms with Crippen LogP contribution in [0, 0.1) is 0 Å². The monoisotopic (exact) mass is 702 g/mol. The van der Waals surface area contributed by atoms with Crippen molar-refractivity contribution in [3.8, 4) is 23.0 Å². The third kappa shape index (κ3) is 7.77. The maximum absolute atomic E-state index is 13.8. The van der Waals surface area contributed by atoms with Crippen LogP contribution in [0.3, 0.4) is 0 Å². The highest BCUT2D eigenvalue weighted by atomic mass is 16.5. The summed E-state index contributed by atoms with van der Waals surface area (Å²) in [6, 6.07) is 7.07. The van der Waals surface area contributed by atoms with Gasteiger partial charge in [0.15, 0.2) is 23.0 Å². The lowest BCUT2D eigenvalue weighted by atomic mass is 10.0. The Labute approximate surface area is 301 Å². The molecule has 12 nitrogen and oxygen atoms in total. The van der Waals surface area contributed by atoms with E-state index in [1.165, 1.54) is 0 Å². The number of benzene rings is 2. The van der Waals surface area contributed by atoms with Crippen LogP contribution in [0.25, 0.3) is 0 Å². The van der Waals surface area contributed by atoms with Gasteiger partial charge in [0.25, 0.3) is 11.8 Å². The van der Waals surface area contributed by atoms with Crippen LogP contribution in [0.4, 0.5) is 11.4 Å². The summed E-state index contributed by atoms with van der Waals surface area (Å²) in [5.74, 6) is 1.90. The Kier molecular flexibility index (Phi) is 9.95. The summed E-state index contributed by atoms with van der Waals surface area (Å²) < 4.78 is 23.8. The minimum absolute atomic E-state index is 0.0603. The number of nitrogens with zero attached hydrogens (tertiary/aromatic N) is 2. The quantitative estimate of drug-likeness (QED) is 0.190. The third-order valence-corrected chi connectivity index (χ3v) is 9.55. The van der Waals surface area contributed by atoms with Gasteiger partial charge in [-0.1, -0.05) is 24.3 Å². The van der Waals surface area contributed by atoms with Crippen LogP contribution in [0.2, 0.25) is 0 Å². The number of anilines is 2. The lowest BCUT2D eigenvalue weighted by Gasteiger charge is -2.35. The number of ether oxygens (including phenoxy) is 4. The van der Waals surface area contributed by atoms with Crippen molar-refractivity contribution in [3.05, 3.63) is 59.7 Å². The van der Waals surface area contributed by atoms with Crippen LogP contribution in [-0.2, 0) is 0 Å². The van der Waals surface area contributed by atoms with E-state index in [4.69, 9.17) is 18.9 Å². The summed E-state index contributed by atoms with van der Waals surface area (Å²) >= 11 is 0. The largest absolute Gasteiger partial charge is 0.493 e. The molecule has 2 fully saturated rings. The van der Waals surface area contributed by atoms with E-state index in [-0.39, 0.29) is 47.3 Å². The first-order valence-electron chi connectivity index (χ1n) is 17.8. The summed E-state index contributed by atoms with van der Waals surface area (Å²) in [6.07, 6.45) is 1.65. The molecule has 12 heteroatoms. The van der Waals surface area contributed by atoms with Gasteiger partial charge in [-0.05, 0) is 66.5 Å². The molecule has 4 aliphatic rings. The molecule has 2 saturated heterocycles. The lowest BCUT2D eigenvalue weighted by molar-refractivity contribution is 0.0710. The van der Waals surface area contributed by atoms with Crippen molar-refractivity contribution in [1.29, 1.82) is 0 Å².